The Hall–Kier alpha value is -4.43. The number of pyridine rings is 1. The molecule has 1 amide bonds. The number of rotatable bonds is 7. The Bertz CT molecular complexity index is 1640. The fourth-order valence-corrected chi connectivity index (χ4v) is 5.13. The summed E-state index contributed by atoms with van der Waals surface area (Å²) in [4.78, 5) is 25.4. The second-order valence-electron chi connectivity index (χ2n) is 9.72. The van der Waals surface area contributed by atoms with Gasteiger partial charge in [0.1, 0.15) is 11.6 Å². The van der Waals surface area contributed by atoms with E-state index in [0.29, 0.717) is 34.5 Å². The first-order chi connectivity index (χ1) is 18.6. The van der Waals surface area contributed by atoms with Crippen molar-refractivity contribution in [3.05, 3.63) is 83.6 Å². The second kappa shape index (κ2) is 10.1. The number of hydrogen-bond acceptors (Lipinski definition) is 6. The van der Waals surface area contributed by atoms with Crippen LogP contribution in [0.15, 0.2) is 66.7 Å². The molecule has 0 spiro atoms. The maximum absolute atomic E-state index is 12.8. The summed E-state index contributed by atoms with van der Waals surface area (Å²) in [5, 5.41) is 28.1. The number of anilines is 1. The van der Waals surface area contributed by atoms with Gasteiger partial charge in [-0.25, -0.2) is 4.98 Å². The summed E-state index contributed by atoms with van der Waals surface area (Å²) in [6.45, 7) is 0.422. The molecule has 0 fully saturated rings. The SMILES string of the molecule is O=C(NCC(O)CNc1c2c(nc3ccccc13)CCCC2)c1ccc2nc(-c3ccccc3O)[nH]c2c1. The summed E-state index contributed by atoms with van der Waals surface area (Å²) >= 11 is 0. The van der Waals surface area contributed by atoms with E-state index in [9.17, 15) is 15.0 Å². The van der Waals surface area contributed by atoms with Crippen LogP contribution in [0, 0.1) is 0 Å². The van der Waals surface area contributed by atoms with Gasteiger partial charge >= 0.3 is 0 Å². The number of aromatic nitrogens is 3. The van der Waals surface area contributed by atoms with Crippen molar-refractivity contribution < 1.29 is 15.0 Å². The Morgan fingerprint density at radius 3 is 2.66 bits per heavy atom. The van der Waals surface area contributed by atoms with Crippen molar-refractivity contribution in [2.75, 3.05) is 18.4 Å². The summed E-state index contributed by atoms with van der Waals surface area (Å²) in [6, 6.07) is 20.2. The van der Waals surface area contributed by atoms with Gasteiger partial charge in [0.05, 0.1) is 28.2 Å². The molecule has 0 saturated heterocycles. The molecule has 2 heterocycles. The summed E-state index contributed by atoms with van der Waals surface area (Å²) in [7, 11) is 0. The second-order valence-corrected chi connectivity index (χ2v) is 9.72. The number of aliphatic hydroxyl groups is 1. The van der Waals surface area contributed by atoms with Gasteiger partial charge in [0.2, 0.25) is 0 Å². The standard InChI is InChI=1S/C30H29N5O3/c36-19(16-31-28-20-7-1-4-10-23(20)33-24-11-5-2-8-21(24)28)17-32-30(38)18-13-14-25-26(15-18)35-29(34-25)22-9-3-6-12-27(22)37/h1,3-4,6-7,9-10,12-15,19,36-37H,2,5,8,11,16-17H2,(H,31,33)(H,32,38)(H,34,35). The van der Waals surface area contributed by atoms with E-state index in [4.69, 9.17) is 4.98 Å². The number of phenols is 1. The molecule has 5 aromatic rings. The first kappa shape index (κ1) is 23.9. The third-order valence-electron chi connectivity index (χ3n) is 7.09. The molecular weight excluding hydrogens is 478 g/mol. The number of aromatic amines is 1. The van der Waals surface area contributed by atoms with Crippen LogP contribution < -0.4 is 10.6 Å². The lowest BCUT2D eigenvalue weighted by molar-refractivity contribution is 0.0922. The molecule has 3 aromatic carbocycles. The third-order valence-corrected chi connectivity index (χ3v) is 7.09. The number of amides is 1. The fraction of sp³-hybridized carbons (Fsp3) is 0.233. The van der Waals surface area contributed by atoms with Crippen LogP contribution in [0.2, 0.25) is 0 Å². The Morgan fingerprint density at radius 1 is 0.947 bits per heavy atom. The third kappa shape index (κ3) is 4.66. The van der Waals surface area contributed by atoms with Crippen LogP contribution >= 0.6 is 0 Å². The van der Waals surface area contributed by atoms with E-state index in [0.717, 1.165) is 48.0 Å². The van der Waals surface area contributed by atoms with Crippen molar-refractivity contribution in [2.45, 2.75) is 31.8 Å². The van der Waals surface area contributed by atoms with Gasteiger partial charge in [-0.3, -0.25) is 9.78 Å². The molecule has 5 N–H and O–H groups in total. The molecule has 0 aliphatic heterocycles. The van der Waals surface area contributed by atoms with Crippen molar-refractivity contribution in [1.29, 1.82) is 0 Å². The zero-order chi connectivity index (χ0) is 26.1. The number of phenolic OH excluding ortho intramolecular Hbond substituents is 1. The van der Waals surface area contributed by atoms with Gasteiger partial charge in [-0.05, 0) is 67.6 Å². The van der Waals surface area contributed by atoms with Gasteiger partial charge in [-0.15, -0.1) is 0 Å². The molecule has 0 radical (unpaired) electrons. The van der Waals surface area contributed by atoms with Crippen LogP contribution in [0.3, 0.4) is 0 Å². The molecule has 8 heteroatoms. The van der Waals surface area contributed by atoms with E-state index in [1.54, 1.807) is 36.4 Å². The van der Waals surface area contributed by atoms with E-state index in [1.807, 2.05) is 24.3 Å². The topological polar surface area (TPSA) is 123 Å². The summed E-state index contributed by atoms with van der Waals surface area (Å²) in [6.07, 6.45) is 3.46. The Labute approximate surface area is 219 Å². The number of carbonyl (C=O) groups excluding carboxylic acids is 1. The number of hydrogen-bond donors (Lipinski definition) is 5. The predicted molar refractivity (Wildman–Crippen MR) is 148 cm³/mol. The molecule has 6 rings (SSSR count). The monoisotopic (exact) mass is 507 g/mol. The van der Waals surface area contributed by atoms with Crippen molar-refractivity contribution in [1.82, 2.24) is 20.3 Å². The molecule has 0 saturated carbocycles. The van der Waals surface area contributed by atoms with Crippen LogP contribution in [-0.4, -0.2) is 50.3 Å². The van der Waals surface area contributed by atoms with Crippen molar-refractivity contribution in [3.63, 3.8) is 0 Å². The Kier molecular flexibility index (Phi) is 6.39. The van der Waals surface area contributed by atoms with Crippen molar-refractivity contribution >= 4 is 33.5 Å². The average molecular weight is 508 g/mol. The lowest BCUT2D eigenvalue weighted by Crippen LogP contribution is -2.36. The first-order valence-corrected chi connectivity index (χ1v) is 13.0. The highest BCUT2D eigenvalue weighted by Gasteiger charge is 2.19. The molecule has 1 atom stereocenters. The largest absolute Gasteiger partial charge is 0.507 e. The highest BCUT2D eigenvalue weighted by Crippen LogP contribution is 2.33. The number of nitrogens with zero attached hydrogens (tertiary/aromatic N) is 2. The van der Waals surface area contributed by atoms with Crippen LogP contribution in [0.4, 0.5) is 5.69 Å². The van der Waals surface area contributed by atoms with E-state index >= 15 is 0 Å². The van der Waals surface area contributed by atoms with Gasteiger partial charge in [0.25, 0.3) is 5.91 Å². The lowest BCUT2D eigenvalue weighted by atomic mass is 9.92. The number of aromatic hydroxyl groups is 1. The molecule has 0 bridgehead atoms. The van der Waals surface area contributed by atoms with E-state index in [2.05, 4.69) is 26.7 Å². The van der Waals surface area contributed by atoms with E-state index in [-0.39, 0.29) is 18.2 Å². The lowest BCUT2D eigenvalue weighted by Gasteiger charge is -2.23. The zero-order valence-electron chi connectivity index (χ0n) is 20.9. The summed E-state index contributed by atoms with van der Waals surface area (Å²) in [5.41, 5.74) is 6.80. The van der Waals surface area contributed by atoms with Gasteiger partial charge < -0.3 is 25.8 Å². The Balaban J connectivity index is 1.12. The van der Waals surface area contributed by atoms with Crippen LogP contribution in [0.1, 0.15) is 34.5 Å². The molecule has 8 nitrogen and oxygen atoms in total. The number of para-hydroxylation sites is 2. The maximum Gasteiger partial charge on any atom is 0.251 e. The highest BCUT2D eigenvalue weighted by atomic mass is 16.3. The average Bonchev–Trinajstić information content (AvgIpc) is 3.37. The molecular formula is C30H29N5O3. The zero-order valence-corrected chi connectivity index (χ0v) is 20.9. The van der Waals surface area contributed by atoms with Crippen molar-refractivity contribution in [3.8, 4) is 17.1 Å². The molecule has 1 aliphatic rings. The van der Waals surface area contributed by atoms with Gasteiger partial charge in [0.15, 0.2) is 0 Å². The number of carbonyl (C=O) groups is 1. The smallest absolute Gasteiger partial charge is 0.251 e. The minimum atomic E-state index is -0.770. The van der Waals surface area contributed by atoms with Gasteiger partial charge in [-0.1, -0.05) is 30.3 Å². The number of nitrogens with one attached hydrogen (secondary N) is 3. The number of aryl methyl sites for hydroxylation is 1. The minimum absolute atomic E-state index is 0.112. The fourth-order valence-electron chi connectivity index (χ4n) is 5.13. The number of fused-ring (bicyclic) bond motifs is 3. The Morgan fingerprint density at radius 2 is 1.76 bits per heavy atom. The molecule has 192 valence electrons. The predicted octanol–water partition coefficient (Wildman–Crippen LogP) is 4.57. The normalized spacial score (nSPS) is 13.8. The quantitative estimate of drug-likeness (QED) is 0.220. The minimum Gasteiger partial charge on any atom is -0.507 e. The van der Waals surface area contributed by atoms with Gasteiger partial charge in [0, 0.05) is 35.4 Å². The highest BCUT2D eigenvalue weighted by molar-refractivity contribution is 5.98. The molecule has 38 heavy (non-hydrogen) atoms. The van der Waals surface area contributed by atoms with Crippen molar-refractivity contribution in [2.24, 2.45) is 0 Å². The summed E-state index contributed by atoms with van der Waals surface area (Å²) < 4.78 is 0. The molecule has 2 aromatic heterocycles. The van der Waals surface area contributed by atoms with Crippen LogP contribution in [0.5, 0.6) is 5.75 Å². The number of imidazole rings is 1. The summed E-state index contributed by atoms with van der Waals surface area (Å²) in [5.74, 6) is 0.381. The molecule has 1 aliphatic carbocycles. The van der Waals surface area contributed by atoms with E-state index in [1.165, 1.54) is 5.56 Å². The number of aliphatic hydroxyl groups excluding tert-OH is 1. The van der Waals surface area contributed by atoms with Crippen LogP contribution in [0.25, 0.3) is 33.3 Å². The number of H-pyrrole nitrogens is 1. The first-order valence-electron chi connectivity index (χ1n) is 13.0. The van der Waals surface area contributed by atoms with Gasteiger partial charge in [-0.2, -0.15) is 0 Å². The maximum atomic E-state index is 12.8. The number of benzene rings is 3. The van der Waals surface area contributed by atoms with Crippen LogP contribution in [-0.2, 0) is 12.8 Å². The van der Waals surface area contributed by atoms with E-state index < -0.39 is 6.10 Å². The molecule has 1 unspecified atom stereocenters.